The summed E-state index contributed by atoms with van der Waals surface area (Å²) in [5.74, 6) is 5.14. The Hall–Kier alpha value is -5.39. The van der Waals surface area contributed by atoms with Gasteiger partial charge in [0.15, 0.2) is 0 Å². The first-order chi connectivity index (χ1) is 22.3. The molecule has 0 saturated carbocycles. The second kappa shape index (κ2) is 8.62. The molecule has 0 N–H and O–H groups in total. The highest BCUT2D eigenvalue weighted by molar-refractivity contribution is 7.26. The van der Waals surface area contributed by atoms with Gasteiger partial charge >= 0.3 is 0 Å². The van der Waals surface area contributed by atoms with Crippen molar-refractivity contribution in [3.8, 4) is 34.5 Å². The third kappa shape index (κ3) is 3.13. The average molecular weight is 593 g/mol. The molecular weight excluding hydrogens is 572 g/mol. The Bertz CT molecular complexity index is 2410. The van der Waals surface area contributed by atoms with Crippen LogP contribution < -0.4 is 51.9 Å². The number of hydrogen-bond donors (Lipinski definition) is 0. The Morgan fingerprint density at radius 2 is 1.11 bits per heavy atom. The topological polar surface area (TPSA) is 30.9 Å². The van der Waals surface area contributed by atoms with E-state index in [4.69, 9.17) is 14.2 Å². The second-order valence-corrected chi connectivity index (χ2v) is 13.0. The lowest BCUT2D eigenvalue weighted by Crippen LogP contribution is -2.62. The van der Waals surface area contributed by atoms with E-state index in [9.17, 15) is 0 Å². The van der Waals surface area contributed by atoms with Crippen molar-refractivity contribution in [2.45, 2.75) is 0 Å². The summed E-state index contributed by atoms with van der Waals surface area (Å²) in [5.41, 5.74) is 9.38. The smallest absolute Gasteiger partial charge is 0.260 e. The van der Waals surface area contributed by atoms with E-state index >= 15 is 0 Å². The van der Waals surface area contributed by atoms with Crippen molar-refractivity contribution in [2.24, 2.45) is 0 Å². The van der Waals surface area contributed by atoms with Gasteiger partial charge in [0.1, 0.15) is 34.5 Å². The molecule has 0 atom stereocenters. The van der Waals surface area contributed by atoms with Crippen molar-refractivity contribution >= 4 is 84.0 Å². The number of thiophene rings is 1. The molecule has 7 heteroatoms. The highest BCUT2D eigenvalue weighted by Gasteiger charge is 2.46. The third-order valence-corrected chi connectivity index (χ3v) is 10.8. The average Bonchev–Trinajstić information content (AvgIpc) is 3.47. The predicted octanol–water partition coefficient (Wildman–Crippen LogP) is 6.03. The number of anilines is 3. The fourth-order valence-corrected chi connectivity index (χ4v) is 9.13. The highest BCUT2D eigenvalue weighted by Crippen LogP contribution is 2.46. The van der Waals surface area contributed by atoms with Gasteiger partial charge in [-0.2, -0.15) is 0 Å². The van der Waals surface area contributed by atoms with Gasteiger partial charge in [0.05, 0.1) is 5.00 Å². The van der Waals surface area contributed by atoms with E-state index < -0.39 is 0 Å². The van der Waals surface area contributed by atoms with Crippen molar-refractivity contribution in [1.29, 1.82) is 0 Å². The molecule has 4 aliphatic rings. The molecule has 11 rings (SSSR count). The molecule has 0 spiro atoms. The van der Waals surface area contributed by atoms with Gasteiger partial charge in [0.25, 0.3) is 13.4 Å². The Kier molecular flexibility index (Phi) is 4.59. The number of benzene rings is 6. The van der Waals surface area contributed by atoms with Gasteiger partial charge in [0, 0.05) is 27.6 Å². The lowest BCUT2D eigenvalue weighted by Gasteiger charge is -2.39. The van der Waals surface area contributed by atoms with Gasteiger partial charge in [-0.25, -0.2) is 0 Å². The van der Waals surface area contributed by atoms with Gasteiger partial charge in [-0.05, 0) is 81.2 Å². The van der Waals surface area contributed by atoms with Crippen LogP contribution in [0, 0.1) is 0 Å². The van der Waals surface area contributed by atoms with E-state index in [1.807, 2.05) is 35.6 Å². The molecule has 7 aromatic rings. The van der Waals surface area contributed by atoms with Crippen molar-refractivity contribution < 1.29 is 14.2 Å². The minimum atomic E-state index is -0.00469. The Balaban J connectivity index is 1.20. The molecule has 0 bridgehead atoms. The van der Waals surface area contributed by atoms with Crippen LogP contribution in [-0.4, -0.2) is 13.4 Å². The van der Waals surface area contributed by atoms with Crippen molar-refractivity contribution in [3.05, 3.63) is 127 Å². The molecule has 0 amide bonds. The van der Waals surface area contributed by atoms with Crippen LogP contribution in [0.15, 0.2) is 127 Å². The van der Waals surface area contributed by atoms with E-state index in [0.29, 0.717) is 0 Å². The monoisotopic (exact) mass is 593 g/mol. The first-order valence-corrected chi connectivity index (χ1v) is 16.1. The van der Waals surface area contributed by atoms with Gasteiger partial charge in [-0.1, -0.05) is 72.8 Å². The van der Waals surface area contributed by atoms with Crippen LogP contribution >= 0.6 is 11.3 Å². The molecule has 4 nitrogen and oxygen atoms in total. The van der Waals surface area contributed by atoms with Crippen LogP contribution in [0.2, 0.25) is 0 Å². The van der Waals surface area contributed by atoms with Gasteiger partial charge in [-0.15, -0.1) is 11.3 Å². The normalized spacial score (nSPS) is 14.2. The Morgan fingerprint density at radius 3 is 1.96 bits per heavy atom. The molecule has 0 radical (unpaired) electrons. The SMILES string of the molecule is c1ccc(N2c3cccc4c3B(c3cc5c(cc3O4)Oc3cccc4c3B5c3ccccc3O4)c3c2sc2ccccc32)cc1. The molecule has 4 aliphatic heterocycles. The first kappa shape index (κ1) is 24.0. The summed E-state index contributed by atoms with van der Waals surface area (Å²) >= 11 is 1.86. The van der Waals surface area contributed by atoms with Crippen LogP contribution in [0.25, 0.3) is 10.1 Å². The molecule has 0 saturated heterocycles. The van der Waals surface area contributed by atoms with Crippen LogP contribution in [0.3, 0.4) is 0 Å². The number of rotatable bonds is 1. The zero-order valence-electron chi connectivity index (χ0n) is 23.9. The summed E-state index contributed by atoms with van der Waals surface area (Å²) in [6, 6.07) is 44.9. The summed E-state index contributed by atoms with van der Waals surface area (Å²) < 4.78 is 21.1. The van der Waals surface area contributed by atoms with Crippen molar-refractivity contribution in [2.75, 3.05) is 4.90 Å². The zero-order chi connectivity index (χ0) is 29.2. The molecule has 45 heavy (non-hydrogen) atoms. The number of para-hydroxylation sites is 2. The first-order valence-electron chi connectivity index (χ1n) is 15.2. The quantitative estimate of drug-likeness (QED) is 0.218. The summed E-state index contributed by atoms with van der Waals surface area (Å²) in [6.07, 6.45) is 0. The summed E-state index contributed by atoms with van der Waals surface area (Å²) in [4.78, 5) is 2.42. The van der Waals surface area contributed by atoms with E-state index in [2.05, 4.69) is 108 Å². The fourth-order valence-electron chi connectivity index (χ4n) is 7.86. The Labute approximate surface area is 264 Å². The number of hydrogen-bond acceptors (Lipinski definition) is 5. The maximum absolute atomic E-state index is 6.81. The summed E-state index contributed by atoms with van der Waals surface area (Å²) in [5, 5.41) is 2.54. The second-order valence-electron chi connectivity index (χ2n) is 12.0. The van der Waals surface area contributed by atoms with Gasteiger partial charge in [-0.3, -0.25) is 0 Å². The van der Waals surface area contributed by atoms with Crippen LogP contribution in [0.5, 0.6) is 34.5 Å². The van der Waals surface area contributed by atoms with Gasteiger partial charge in [0.2, 0.25) is 0 Å². The van der Waals surface area contributed by atoms with Gasteiger partial charge < -0.3 is 19.1 Å². The minimum absolute atomic E-state index is 0.00286. The molecule has 6 aromatic carbocycles. The van der Waals surface area contributed by atoms with E-state index in [1.165, 1.54) is 31.5 Å². The minimum Gasteiger partial charge on any atom is -0.458 e. The highest BCUT2D eigenvalue weighted by atomic mass is 32.1. The van der Waals surface area contributed by atoms with E-state index in [0.717, 1.165) is 62.3 Å². The molecule has 1 aromatic heterocycles. The lowest BCUT2D eigenvalue weighted by atomic mass is 9.31. The van der Waals surface area contributed by atoms with Crippen LogP contribution in [-0.2, 0) is 0 Å². The number of fused-ring (bicyclic) bond motifs is 10. The third-order valence-electron chi connectivity index (χ3n) is 9.66. The Morgan fingerprint density at radius 1 is 0.467 bits per heavy atom. The molecule has 0 unspecified atom stereocenters. The fraction of sp³-hybridized carbons (Fsp3) is 0. The molecular formula is C38H21B2NO3S. The van der Waals surface area contributed by atoms with Crippen LogP contribution in [0.4, 0.5) is 16.4 Å². The maximum Gasteiger partial charge on any atom is 0.260 e. The maximum atomic E-state index is 6.81. The molecule has 5 heterocycles. The number of ether oxygens (including phenoxy) is 3. The standard InChI is InChI=1S/C38H21B2NO3S/c1-2-10-22(11-3-1)41-27-14-8-16-29-36(27)40(35-23-12-4-7-19-34(23)45-38(35)41)26-20-25-32(21-33(26)43-29)44-31-18-9-17-30-37(31)39(25)24-13-5-6-15-28(24)42-30/h1-21H. The zero-order valence-corrected chi connectivity index (χ0v) is 24.7. The molecule has 208 valence electrons. The number of nitrogens with zero attached hydrogens (tertiary/aromatic N) is 1. The van der Waals surface area contributed by atoms with Crippen LogP contribution in [0.1, 0.15) is 0 Å². The molecule has 0 aliphatic carbocycles. The van der Waals surface area contributed by atoms with E-state index in [-0.39, 0.29) is 13.4 Å². The van der Waals surface area contributed by atoms with E-state index in [1.54, 1.807) is 0 Å². The largest absolute Gasteiger partial charge is 0.458 e. The molecule has 0 fully saturated rings. The lowest BCUT2D eigenvalue weighted by molar-refractivity contribution is 0.456. The summed E-state index contributed by atoms with van der Waals surface area (Å²) in [7, 11) is 0. The summed E-state index contributed by atoms with van der Waals surface area (Å²) in [6.45, 7) is -0.00183. The van der Waals surface area contributed by atoms with Crippen molar-refractivity contribution in [3.63, 3.8) is 0 Å². The predicted molar refractivity (Wildman–Crippen MR) is 185 cm³/mol. The van der Waals surface area contributed by atoms with Crippen molar-refractivity contribution in [1.82, 2.24) is 0 Å².